The van der Waals surface area contributed by atoms with Crippen LogP contribution in [0.1, 0.15) is 18.0 Å². The largest absolute Gasteiger partial charge is 0.329 e. The zero-order valence-electron chi connectivity index (χ0n) is 11.2. The predicted octanol–water partition coefficient (Wildman–Crippen LogP) is 1.71. The highest BCUT2D eigenvalue weighted by atomic mass is 79.9. The summed E-state index contributed by atoms with van der Waals surface area (Å²) in [6.45, 7) is 0.352. The minimum Gasteiger partial charge on any atom is -0.329 e. The number of rotatable bonds is 4. The summed E-state index contributed by atoms with van der Waals surface area (Å²) in [5, 5.41) is 0. The van der Waals surface area contributed by atoms with Gasteiger partial charge in [0.1, 0.15) is 5.82 Å². The highest BCUT2D eigenvalue weighted by molar-refractivity contribution is 9.10. The summed E-state index contributed by atoms with van der Waals surface area (Å²) in [7, 11) is -1.06. The predicted molar refractivity (Wildman–Crippen MR) is 80.7 cm³/mol. The molecule has 0 saturated carbocycles. The molecule has 1 fully saturated rings. The SMILES string of the molecule is CN(C1CCS(=O)(=O)C1)C(CN)c1ccc(F)c(Br)c1. The van der Waals surface area contributed by atoms with Crippen molar-refractivity contribution in [2.24, 2.45) is 5.73 Å². The summed E-state index contributed by atoms with van der Waals surface area (Å²) in [5.74, 6) is 0.0741. The Balaban J connectivity index is 2.21. The molecule has 1 aromatic rings. The normalized spacial score (nSPS) is 23.1. The van der Waals surface area contributed by atoms with Crippen LogP contribution < -0.4 is 5.73 Å². The van der Waals surface area contributed by atoms with Crippen LogP contribution in [-0.2, 0) is 9.84 Å². The Morgan fingerprint density at radius 1 is 1.55 bits per heavy atom. The summed E-state index contributed by atoms with van der Waals surface area (Å²) in [6, 6.07) is 4.63. The Hall–Kier alpha value is -0.500. The van der Waals surface area contributed by atoms with E-state index in [4.69, 9.17) is 5.73 Å². The van der Waals surface area contributed by atoms with Gasteiger partial charge in [0.2, 0.25) is 0 Å². The topological polar surface area (TPSA) is 63.4 Å². The fourth-order valence-corrected chi connectivity index (χ4v) is 4.79. The zero-order valence-corrected chi connectivity index (χ0v) is 13.6. The third-order valence-corrected chi connectivity index (χ3v) is 6.19. The van der Waals surface area contributed by atoms with Crippen molar-refractivity contribution in [3.05, 3.63) is 34.1 Å². The van der Waals surface area contributed by atoms with Crippen LogP contribution in [0.5, 0.6) is 0 Å². The second-order valence-corrected chi connectivity index (χ2v) is 8.23. The lowest BCUT2D eigenvalue weighted by atomic mass is 10.0. The van der Waals surface area contributed by atoms with Crippen molar-refractivity contribution in [2.75, 3.05) is 25.1 Å². The molecule has 112 valence electrons. The number of benzene rings is 1. The van der Waals surface area contributed by atoms with Gasteiger partial charge in [-0.1, -0.05) is 6.07 Å². The molecule has 2 unspecified atom stereocenters. The number of hydrogen-bond acceptors (Lipinski definition) is 4. The molecule has 0 bridgehead atoms. The van der Waals surface area contributed by atoms with Crippen LogP contribution in [0.3, 0.4) is 0 Å². The fraction of sp³-hybridized carbons (Fsp3) is 0.538. The number of likely N-dealkylation sites (N-methyl/N-ethyl adjacent to an activating group) is 1. The third kappa shape index (κ3) is 3.39. The molecule has 0 aliphatic carbocycles. The molecule has 0 radical (unpaired) electrons. The second kappa shape index (κ2) is 6.09. The van der Waals surface area contributed by atoms with E-state index in [0.717, 1.165) is 5.56 Å². The van der Waals surface area contributed by atoms with E-state index in [2.05, 4.69) is 15.9 Å². The summed E-state index contributed by atoms with van der Waals surface area (Å²) in [5.41, 5.74) is 6.71. The third-order valence-electron chi connectivity index (χ3n) is 3.83. The molecular weight excluding hydrogens is 347 g/mol. The number of nitrogens with two attached hydrogens (primary N) is 1. The van der Waals surface area contributed by atoms with E-state index >= 15 is 0 Å². The van der Waals surface area contributed by atoms with Crippen LogP contribution in [0.4, 0.5) is 4.39 Å². The Morgan fingerprint density at radius 3 is 2.75 bits per heavy atom. The van der Waals surface area contributed by atoms with Crippen molar-refractivity contribution in [1.29, 1.82) is 0 Å². The van der Waals surface area contributed by atoms with Gasteiger partial charge >= 0.3 is 0 Å². The van der Waals surface area contributed by atoms with Gasteiger partial charge in [-0.15, -0.1) is 0 Å². The van der Waals surface area contributed by atoms with Crippen molar-refractivity contribution < 1.29 is 12.8 Å². The second-order valence-electron chi connectivity index (χ2n) is 5.15. The molecule has 7 heteroatoms. The Kier molecular flexibility index (Phi) is 4.84. The lowest BCUT2D eigenvalue weighted by Crippen LogP contribution is -2.39. The lowest BCUT2D eigenvalue weighted by Gasteiger charge is -2.32. The molecule has 0 aromatic heterocycles. The van der Waals surface area contributed by atoms with Gasteiger partial charge in [-0.2, -0.15) is 0 Å². The molecule has 0 amide bonds. The van der Waals surface area contributed by atoms with Crippen LogP contribution in [0.15, 0.2) is 22.7 Å². The summed E-state index contributed by atoms with van der Waals surface area (Å²) in [4.78, 5) is 1.99. The van der Waals surface area contributed by atoms with Gasteiger partial charge in [0.05, 0.1) is 16.0 Å². The van der Waals surface area contributed by atoms with Gasteiger partial charge in [0.25, 0.3) is 0 Å². The van der Waals surface area contributed by atoms with Crippen LogP contribution in [0.2, 0.25) is 0 Å². The maximum atomic E-state index is 13.3. The maximum absolute atomic E-state index is 13.3. The number of halogens is 2. The Morgan fingerprint density at radius 2 is 2.25 bits per heavy atom. The summed E-state index contributed by atoms with van der Waals surface area (Å²) in [6.07, 6.45) is 0.623. The first kappa shape index (κ1) is 15.9. The van der Waals surface area contributed by atoms with Gasteiger partial charge in [-0.05, 0) is 47.1 Å². The molecule has 1 aromatic carbocycles. The van der Waals surface area contributed by atoms with E-state index in [0.29, 0.717) is 17.4 Å². The van der Waals surface area contributed by atoms with Gasteiger partial charge < -0.3 is 5.73 Å². The average Bonchev–Trinajstić information content (AvgIpc) is 2.75. The van der Waals surface area contributed by atoms with Crippen molar-refractivity contribution in [2.45, 2.75) is 18.5 Å². The van der Waals surface area contributed by atoms with Crippen molar-refractivity contribution in [3.8, 4) is 0 Å². The molecule has 1 aliphatic heterocycles. The minimum absolute atomic E-state index is 0.0302. The standard InChI is InChI=1S/C13H18BrFN2O2S/c1-17(10-4-5-20(18,19)8-10)13(7-16)9-2-3-12(15)11(14)6-9/h2-3,6,10,13H,4-5,7-8,16H2,1H3. The highest BCUT2D eigenvalue weighted by Gasteiger charge is 2.33. The Labute approximate surface area is 127 Å². The number of hydrogen-bond donors (Lipinski definition) is 1. The van der Waals surface area contributed by atoms with E-state index in [1.165, 1.54) is 6.07 Å². The molecule has 1 saturated heterocycles. The van der Waals surface area contributed by atoms with Crippen molar-refractivity contribution in [3.63, 3.8) is 0 Å². The van der Waals surface area contributed by atoms with Crippen LogP contribution in [0.25, 0.3) is 0 Å². The highest BCUT2D eigenvalue weighted by Crippen LogP contribution is 2.28. The number of sulfone groups is 1. The van der Waals surface area contributed by atoms with Crippen molar-refractivity contribution >= 4 is 25.8 Å². The van der Waals surface area contributed by atoms with Crippen molar-refractivity contribution in [1.82, 2.24) is 4.90 Å². The molecule has 0 spiro atoms. The molecule has 2 N–H and O–H groups in total. The molecule has 20 heavy (non-hydrogen) atoms. The van der Waals surface area contributed by atoms with Crippen LogP contribution in [0, 0.1) is 5.82 Å². The van der Waals surface area contributed by atoms with E-state index in [1.807, 2.05) is 11.9 Å². The molecular formula is C13H18BrFN2O2S. The quantitative estimate of drug-likeness (QED) is 0.883. The van der Waals surface area contributed by atoms with E-state index in [1.54, 1.807) is 12.1 Å². The monoisotopic (exact) mass is 364 g/mol. The zero-order chi connectivity index (χ0) is 14.9. The van der Waals surface area contributed by atoms with Crippen LogP contribution >= 0.6 is 15.9 Å². The molecule has 2 rings (SSSR count). The van der Waals surface area contributed by atoms with Crippen LogP contribution in [-0.4, -0.2) is 44.5 Å². The van der Waals surface area contributed by atoms with Gasteiger partial charge in [0, 0.05) is 18.6 Å². The smallest absolute Gasteiger partial charge is 0.151 e. The Bertz CT molecular complexity index is 594. The molecule has 1 heterocycles. The molecule has 2 atom stereocenters. The van der Waals surface area contributed by atoms with E-state index in [-0.39, 0.29) is 29.4 Å². The first-order valence-electron chi connectivity index (χ1n) is 6.41. The van der Waals surface area contributed by atoms with Gasteiger partial charge in [-0.3, -0.25) is 4.90 Å². The van der Waals surface area contributed by atoms with E-state index < -0.39 is 9.84 Å². The van der Waals surface area contributed by atoms with Gasteiger partial charge in [-0.25, -0.2) is 12.8 Å². The maximum Gasteiger partial charge on any atom is 0.151 e. The molecule has 4 nitrogen and oxygen atoms in total. The lowest BCUT2D eigenvalue weighted by molar-refractivity contribution is 0.192. The number of nitrogens with zero attached hydrogens (tertiary/aromatic N) is 1. The summed E-state index contributed by atoms with van der Waals surface area (Å²) < 4.78 is 36.8. The average molecular weight is 365 g/mol. The van der Waals surface area contributed by atoms with E-state index in [9.17, 15) is 12.8 Å². The minimum atomic E-state index is -2.93. The fourth-order valence-electron chi connectivity index (χ4n) is 2.61. The summed E-state index contributed by atoms with van der Waals surface area (Å²) >= 11 is 3.16. The molecule has 1 aliphatic rings. The first-order valence-corrected chi connectivity index (χ1v) is 9.03. The first-order chi connectivity index (χ1) is 9.34. The van der Waals surface area contributed by atoms with Gasteiger partial charge in [0.15, 0.2) is 9.84 Å².